The van der Waals surface area contributed by atoms with Crippen LogP contribution in [0.15, 0.2) is 48.6 Å². The van der Waals surface area contributed by atoms with Gasteiger partial charge in [0.2, 0.25) is 0 Å². The number of unbranched alkanes of at least 4 members (excludes halogenated alkanes) is 34. The lowest BCUT2D eigenvalue weighted by atomic mass is 10.0. The molecule has 0 aromatic rings. The van der Waals surface area contributed by atoms with Crippen molar-refractivity contribution < 1.29 is 28.6 Å². The van der Waals surface area contributed by atoms with Crippen LogP contribution in [0.2, 0.25) is 0 Å². The molecule has 0 aliphatic heterocycles. The zero-order chi connectivity index (χ0) is 48.6. The van der Waals surface area contributed by atoms with E-state index in [1.807, 2.05) is 0 Å². The molecule has 0 rings (SSSR count). The number of carbonyl (C=O) groups is 3. The third kappa shape index (κ3) is 54.2. The zero-order valence-corrected chi connectivity index (χ0v) is 44.7. The Morgan fingerprint density at radius 1 is 0.313 bits per heavy atom. The molecule has 1 atom stereocenters. The third-order valence-electron chi connectivity index (χ3n) is 12.8. The normalized spacial score (nSPS) is 12.3. The van der Waals surface area contributed by atoms with E-state index in [1.54, 1.807) is 0 Å². The van der Waals surface area contributed by atoms with Gasteiger partial charge in [-0.25, -0.2) is 0 Å². The molecule has 0 amide bonds. The van der Waals surface area contributed by atoms with Crippen LogP contribution in [-0.2, 0) is 28.6 Å². The molecular weight excluding hydrogens is 829 g/mol. The molecule has 0 spiro atoms. The Labute approximate surface area is 416 Å². The van der Waals surface area contributed by atoms with Crippen molar-refractivity contribution in [3.8, 4) is 0 Å². The number of hydrogen-bond acceptors (Lipinski definition) is 6. The minimum Gasteiger partial charge on any atom is -0.462 e. The van der Waals surface area contributed by atoms with Crippen LogP contribution in [0.3, 0.4) is 0 Å². The van der Waals surface area contributed by atoms with Gasteiger partial charge in [-0.15, -0.1) is 0 Å². The first kappa shape index (κ1) is 64.4. The predicted molar refractivity (Wildman–Crippen MR) is 289 cm³/mol. The molecule has 0 aromatic heterocycles. The van der Waals surface area contributed by atoms with E-state index >= 15 is 0 Å². The Hall–Kier alpha value is -2.63. The highest BCUT2D eigenvalue weighted by Gasteiger charge is 2.19. The van der Waals surface area contributed by atoms with Crippen molar-refractivity contribution in [1.29, 1.82) is 0 Å². The van der Waals surface area contributed by atoms with Crippen LogP contribution in [0.1, 0.15) is 303 Å². The molecule has 0 saturated carbocycles. The molecule has 0 aromatic carbocycles. The highest BCUT2D eigenvalue weighted by Crippen LogP contribution is 2.17. The number of hydrogen-bond donors (Lipinski definition) is 0. The van der Waals surface area contributed by atoms with Crippen LogP contribution in [0.5, 0.6) is 0 Å². The van der Waals surface area contributed by atoms with E-state index in [4.69, 9.17) is 14.2 Å². The smallest absolute Gasteiger partial charge is 0.306 e. The monoisotopic (exact) mass is 939 g/mol. The Kier molecular flexibility index (Phi) is 53.8. The molecule has 0 radical (unpaired) electrons. The maximum absolute atomic E-state index is 12.8. The molecule has 0 fully saturated rings. The Balaban J connectivity index is 4.30. The minimum absolute atomic E-state index is 0.0791. The molecule has 0 heterocycles. The van der Waals surface area contributed by atoms with Crippen LogP contribution in [0.25, 0.3) is 0 Å². The highest BCUT2D eigenvalue weighted by molar-refractivity contribution is 5.71. The predicted octanol–water partition coefficient (Wildman–Crippen LogP) is 19.4. The fourth-order valence-corrected chi connectivity index (χ4v) is 8.45. The average Bonchev–Trinajstić information content (AvgIpc) is 3.33. The Morgan fingerprint density at radius 3 is 0.940 bits per heavy atom. The van der Waals surface area contributed by atoms with E-state index in [0.717, 1.165) is 109 Å². The van der Waals surface area contributed by atoms with Gasteiger partial charge < -0.3 is 14.2 Å². The molecule has 0 saturated heterocycles. The molecule has 390 valence electrons. The van der Waals surface area contributed by atoms with Crippen molar-refractivity contribution >= 4 is 17.9 Å². The second kappa shape index (κ2) is 56.0. The fourth-order valence-electron chi connectivity index (χ4n) is 8.45. The summed E-state index contributed by atoms with van der Waals surface area (Å²) in [4.78, 5) is 38.1. The van der Waals surface area contributed by atoms with Crippen LogP contribution in [0.4, 0.5) is 0 Å². The Morgan fingerprint density at radius 2 is 0.582 bits per heavy atom. The van der Waals surface area contributed by atoms with Crippen molar-refractivity contribution in [3.63, 3.8) is 0 Å². The van der Waals surface area contributed by atoms with Crippen molar-refractivity contribution in [3.05, 3.63) is 48.6 Å². The molecule has 0 aliphatic carbocycles. The van der Waals surface area contributed by atoms with E-state index in [1.165, 1.54) is 154 Å². The zero-order valence-electron chi connectivity index (χ0n) is 44.7. The number of esters is 3. The van der Waals surface area contributed by atoms with Gasteiger partial charge in [0.15, 0.2) is 6.10 Å². The summed E-state index contributed by atoms with van der Waals surface area (Å²) >= 11 is 0. The van der Waals surface area contributed by atoms with Crippen molar-refractivity contribution in [2.24, 2.45) is 0 Å². The second-order valence-electron chi connectivity index (χ2n) is 19.5. The van der Waals surface area contributed by atoms with Crippen LogP contribution in [0, 0.1) is 0 Å². The summed E-state index contributed by atoms with van der Waals surface area (Å²) in [5.41, 5.74) is 0. The largest absolute Gasteiger partial charge is 0.462 e. The van der Waals surface area contributed by atoms with Gasteiger partial charge in [-0.1, -0.05) is 256 Å². The molecule has 0 unspecified atom stereocenters. The van der Waals surface area contributed by atoms with Gasteiger partial charge in [-0.3, -0.25) is 14.4 Å². The summed E-state index contributed by atoms with van der Waals surface area (Å²) < 4.78 is 16.9. The maximum Gasteiger partial charge on any atom is 0.306 e. The molecule has 6 nitrogen and oxygen atoms in total. The first-order chi connectivity index (χ1) is 33.0. The molecule has 0 N–H and O–H groups in total. The van der Waals surface area contributed by atoms with Gasteiger partial charge >= 0.3 is 17.9 Å². The van der Waals surface area contributed by atoms with Gasteiger partial charge in [0.1, 0.15) is 13.2 Å². The molecule has 6 heteroatoms. The lowest BCUT2D eigenvalue weighted by Gasteiger charge is -2.18. The van der Waals surface area contributed by atoms with Crippen molar-refractivity contribution in [1.82, 2.24) is 0 Å². The fraction of sp³-hybridized carbons (Fsp3) is 0.820. The first-order valence-corrected chi connectivity index (χ1v) is 29.1. The molecule has 0 bridgehead atoms. The van der Waals surface area contributed by atoms with Crippen LogP contribution >= 0.6 is 0 Å². The van der Waals surface area contributed by atoms with E-state index < -0.39 is 6.10 Å². The van der Waals surface area contributed by atoms with E-state index in [-0.39, 0.29) is 31.1 Å². The summed E-state index contributed by atoms with van der Waals surface area (Å²) in [6, 6.07) is 0. The quantitative estimate of drug-likeness (QED) is 0.0262. The lowest BCUT2D eigenvalue weighted by Crippen LogP contribution is -2.30. The van der Waals surface area contributed by atoms with E-state index in [2.05, 4.69) is 69.4 Å². The topological polar surface area (TPSA) is 78.9 Å². The number of carbonyl (C=O) groups excluding carboxylic acids is 3. The summed E-state index contributed by atoms with van der Waals surface area (Å²) in [5.74, 6) is -0.891. The third-order valence-corrected chi connectivity index (χ3v) is 12.8. The van der Waals surface area contributed by atoms with Gasteiger partial charge in [0, 0.05) is 19.3 Å². The van der Waals surface area contributed by atoms with Crippen molar-refractivity contribution in [2.75, 3.05) is 13.2 Å². The van der Waals surface area contributed by atoms with E-state index in [9.17, 15) is 14.4 Å². The molecular formula is C61H110O6. The van der Waals surface area contributed by atoms with Gasteiger partial charge in [0.05, 0.1) is 0 Å². The second-order valence-corrected chi connectivity index (χ2v) is 19.5. The van der Waals surface area contributed by atoms with Gasteiger partial charge in [-0.05, 0) is 77.0 Å². The standard InChI is InChI=1S/C61H110O6/c1-4-7-10-13-16-19-22-25-27-28-29-30-31-32-34-37-39-42-45-48-51-54-60(63)66-57-58(67-61(64)55-52-49-46-43-40-35-24-21-18-15-12-9-6-3)56-65-59(62)53-50-47-44-41-38-36-33-26-23-20-17-14-11-8-5-2/h8,11,17,20-21,24,26,33,58H,4-7,9-10,12-16,18-19,22-23,25,27-32,34-57H2,1-3H3/b11-8-,20-17-,24-21-,33-26-/t58-/m1/s1. The first-order valence-electron chi connectivity index (χ1n) is 29.1. The average molecular weight is 940 g/mol. The summed E-state index contributed by atoms with van der Waals surface area (Å²) in [7, 11) is 0. The van der Waals surface area contributed by atoms with E-state index in [0.29, 0.717) is 19.3 Å². The number of allylic oxidation sites excluding steroid dienone is 8. The Bertz CT molecular complexity index is 1170. The number of rotatable bonds is 53. The number of ether oxygens (including phenoxy) is 3. The minimum atomic E-state index is -0.782. The SMILES string of the molecule is CC/C=C\C/C=C\C/C=C\CCCCCCCC(=O)OC[C@H](COC(=O)CCCCCCCCCCCCCCCCCCCCCCC)OC(=O)CCCCCCC/C=C\CCCCCC. The highest BCUT2D eigenvalue weighted by atomic mass is 16.6. The lowest BCUT2D eigenvalue weighted by molar-refractivity contribution is -0.167. The van der Waals surface area contributed by atoms with Gasteiger partial charge in [0.25, 0.3) is 0 Å². The molecule has 67 heavy (non-hydrogen) atoms. The maximum atomic E-state index is 12.8. The summed E-state index contributed by atoms with van der Waals surface area (Å²) in [5, 5.41) is 0. The molecule has 0 aliphatic rings. The van der Waals surface area contributed by atoms with Crippen LogP contribution < -0.4 is 0 Å². The summed E-state index contributed by atoms with van der Waals surface area (Å²) in [6.45, 7) is 6.53. The van der Waals surface area contributed by atoms with Crippen molar-refractivity contribution in [2.45, 2.75) is 309 Å². The van der Waals surface area contributed by atoms with Gasteiger partial charge in [-0.2, -0.15) is 0 Å². The summed E-state index contributed by atoms with van der Waals surface area (Å²) in [6.07, 6.45) is 68.2. The van der Waals surface area contributed by atoms with Crippen LogP contribution in [-0.4, -0.2) is 37.2 Å².